The number of pyridine rings is 1. The van der Waals surface area contributed by atoms with Gasteiger partial charge in [-0.15, -0.1) is 0 Å². The minimum absolute atomic E-state index is 0.145. The summed E-state index contributed by atoms with van der Waals surface area (Å²) in [5.74, 6) is -1.06. The molecule has 0 radical (unpaired) electrons. The highest BCUT2D eigenvalue weighted by Gasteiger charge is 2.23. The van der Waals surface area contributed by atoms with Gasteiger partial charge < -0.3 is 10.1 Å². The number of hydrogen-bond donors (Lipinski definition) is 2. The number of amides is 1. The number of aromatic nitrogens is 3. The first-order valence-electron chi connectivity index (χ1n) is 8.49. The molecule has 2 heterocycles. The molecule has 1 aromatic carbocycles. The maximum absolute atomic E-state index is 12.5. The minimum atomic E-state index is -1.04. The number of nitrogens with one attached hydrogen (secondary N) is 2. The van der Waals surface area contributed by atoms with Crippen molar-refractivity contribution in [1.29, 1.82) is 0 Å². The summed E-state index contributed by atoms with van der Waals surface area (Å²) in [5, 5.41) is 5.51. The van der Waals surface area contributed by atoms with Gasteiger partial charge >= 0.3 is 5.97 Å². The van der Waals surface area contributed by atoms with Crippen LogP contribution in [-0.2, 0) is 9.53 Å². The summed E-state index contributed by atoms with van der Waals surface area (Å²) >= 11 is 5.76. The predicted molar refractivity (Wildman–Crippen MR) is 104 cm³/mol. The smallest absolute Gasteiger partial charge is 0.339 e. The molecule has 1 atom stereocenters. The molecule has 0 spiro atoms. The number of anilines is 1. The molecule has 3 rings (SSSR count). The van der Waals surface area contributed by atoms with Crippen molar-refractivity contribution in [2.45, 2.75) is 19.4 Å². The lowest BCUT2D eigenvalue weighted by atomic mass is 10.2. The third-order valence-electron chi connectivity index (χ3n) is 3.87. The van der Waals surface area contributed by atoms with Crippen LogP contribution in [0.4, 0.5) is 5.82 Å². The van der Waals surface area contributed by atoms with Crippen LogP contribution in [0, 0.1) is 0 Å². The van der Waals surface area contributed by atoms with E-state index in [2.05, 4.69) is 15.4 Å². The Morgan fingerprint density at radius 2 is 2.00 bits per heavy atom. The monoisotopic (exact) mass is 400 g/mol. The standard InChI is InChI=1S/C19H17ClN4O4/c1-2-14(28-19(27)12-8-9-21-15(20)10-12)18(26)22-16-11-17(25)24(23-16)13-6-4-3-5-7-13/h3-11,14,23H,2H2,1H3,(H,22,26). The average molecular weight is 401 g/mol. The van der Waals surface area contributed by atoms with Gasteiger partial charge in [-0.3, -0.25) is 14.7 Å². The molecule has 1 unspecified atom stereocenters. The second-order valence-electron chi connectivity index (χ2n) is 5.84. The van der Waals surface area contributed by atoms with Crippen LogP contribution in [0.2, 0.25) is 5.15 Å². The highest BCUT2D eigenvalue weighted by molar-refractivity contribution is 6.29. The molecule has 28 heavy (non-hydrogen) atoms. The summed E-state index contributed by atoms with van der Waals surface area (Å²) in [5.41, 5.74) is 0.480. The quantitative estimate of drug-likeness (QED) is 0.489. The average Bonchev–Trinajstić information content (AvgIpc) is 3.06. The Balaban J connectivity index is 1.71. The summed E-state index contributed by atoms with van der Waals surface area (Å²) in [7, 11) is 0. The molecule has 144 valence electrons. The van der Waals surface area contributed by atoms with Crippen LogP contribution in [0.15, 0.2) is 59.5 Å². The fourth-order valence-electron chi connectivity index (χ4n) is 2.49. The van der Waals surface area contributed by atoms with E-state index in [1.165, 1.54) is 29.1 Å². The van der Waals surface area contributed by atoms with Crippen LogP contribution < -0.4 is 10.9 Å². The van der Waals surface area contributed by atoms with Crippen LogP contribution >= 0.6 is 11.6 Å². The van der Waals surface area contributed by atoms with Crippen molar-refractivity contribution in [3.05, 3.63) is 75.8 Å². The van der Waals surface area contributed by atoms with Crippen LogP contribution in [0.5, 0.6) is 0 Å². The highest BCUT2D eigenvalue weighted by Crippen LogP contribution is 2.12. The first-order valence-corrected chi connectivity index (χ1v) is 8.86. The van der Waals surface area contributed by atoms with Crippen LogP contribution in [0.1, 0.15) is 23.7 Å². The molecule has 9 heteroatoms. The molecule has 0 saturated carbocycles. The van der Waals surface area contributed by atoms with Crippen LogP contribution in [0.3, 0.4) is 0 Å². The lowest BCUT2D eigenvalue weighted by molar-refractivity contribution is -0.124. The van der Waals surface area contributed by atoms with Crippen LogP contribution in [-0.4, -0.2) is 32.7 Å². The summed E-state index contributed by atoms with van der Waals surface area (Å²) in [6.07, 6.45) is 0.583. The number of ether oxygens (including phenoxy) is 1. The number of carbonyl (C=O) groups is 2. The number of carbonyl (C=O) groups excluding carboxylic acids is 2. The van der Waals surface area contributed by atoms with Gasteiger partial charge in [0.1, 0.15) is 11.0 Å². The minimum Gasteiger partial charge on any atom is -0.449 e. The van der Waals surface area contributed by atoms with Gasteiger partial charge in [-0.1, -0.05) is 36.7 Å². The van der Waals surface area contributed by atoms with Crippen molar-refractivity contribution in [3.63, 3.8) is 0 Å². The molecule has 0 fully saturated rings. The SMILES string of the molecule is CCC(OC(=O)c1ccnc(Cl)c1)C(=O)Nc1cc(=O)n(-c2ccccc2)[nH]1. The lowest BCUT2D eigenvalue weighted by Gasteiger charge is -2.15. The maximum Gasteiger partial charge on any atom is 0.339 e. The number of esters is 1. The second-order valence-corrected chi connectivity index (χ2v) is 6.22. The summed E-state index contributed by atoms with van der Waals surface area (Å²) in [6, 6.07) is 13.0. The van der Waals surface area contributed by atoms with E-state index in [1.807, 2.05) is 6.07 Å². The number of aromatic amines is 1. The normalized spacial score (nSPS) is 11.6. The Bertz CT molecular complexity index is 1050. The maximum atomic E-state index is 12.5. The Labute approximate surface area is 165 Å². The van der Waals surface area contributed by atoms with Gasteiger partial charge in [0.25, 0.3) is 11.5 Å². The van der Waals surface area contributed by atoms with E-state index in [1.54, 1.807) is 31.2 Å². The molecule has 3 aromatic rings. The second kappa shape index (κ2) is 8.53. The molecule has 0 saturated heterocycles. The number of hydrogen-bond acceptors (Lipinski definition) is 5. The fourth-order valence-corrected chi connectivity index (χ4v) is 2.66. The molecule has 2 N–H and O–H groups in total. The zero-order valence-corrected chi connectivity index (χ0v) is 15.6. The van der Waals surface area contributed by atoms with Gasteiger partial charge in [-0.2, -0.15) is 0 Å². The van der Waals surface area contributed by atoms with Crippen molar-refractivity contribution in [2.75, 3.05) is 5.32 Å². The Kier molecular flexibility index (Phi) is 5.90. The van der Waals surface area contributed by atoms with E-state index < -0.39 is 18.0 Å². The van der Waals surface area contributed by atoms with Crippen molar-refractivity contribution < 1.29 is 14.3 Å². The molecule has 0 aliphatic carbocycles. The number of para-hydroxylation sites is 1. The van der Waals surface area contributed by atoms with E-state index in [9.17, 15) is 14.4 Å². The van der Waals surface area contributed by atoms with Gasteiger partial charge in [0.15, 0.2) is 6.10 Å². The molecule has 0 aliphatic heterocycles. The third kappa shape index (κ3) is 4.47. The molecular weight excluding hydrogens is 384 g/mol. The van der Waals surface area contributed by atoms with Gasteiger partial charge in [-0.05, 0) is 30.7 Å². The summed E-state index contributed by atoms with van der Waals surface area (Å²) < 4.78 is 6.55. The molecule has 1 amide bonds. The Morgan fingerprint density at radius 1 is 1.25 bits per heavy atom. The topological polar surface area (TPSA) is 106 Å². The van der Waals surface area contributed by atoms with Crippen molar-refractivity contribution in [3.8, 4) is 5.69 Å². The van der Waals surface area contributed by atoms with Gasteiger partial charge in [0, 0.05) is 12.3 Å². The Morgan fingerprint density at radius 3 is 2.68 bits per heavy atom. The van der Waals surface area contributed by atoms with E-state index in [0.717, 1.165) is 0 Å². The number of benzene rings is 1. The molecular formula is C19H17ClN4O4. The lowest BCUT2D eigenvalue weighted by Crippen LogP contribution is -2.32. The summed E-state index contributed by atoms with van der Waals surface area (Å²) in [4.78, 5) is 40.6. The van der Waals surface area contributed by atoms with Gasteiger partial charge in [0.05, 0.1) is 11.3 Å². The molecule has 0 aliphatic rings. The Hall–Kier alpha value is -3.39. The zero-order valence-electron chi connectivity index (χ0n) is 14.9. The summed E-state index contributed by atoms with van der Waals surface area (Å²) in [6.45, 7) is 1.70. The van der Waals surface area contributed by atoms with E-state index in [-0.39, 0.29) is 28.5 Å². The van der Waals surface area contributed by atoms with Gasteiger partial charge in [-0.25, -0.2) is 14.5 Å². The van der Waals surface area contributed by atoms with E-state index >= 15 is 0 Å². The first-order chi connectivity index (χ1) is 13.5. The predicted octanol–water partition coefficient (Wildman–Crippen LogP) is 2.79. The highest BCUT2D eigenvalue weighted by atomic mass is 35.5. The van der Waals surface area contributed by atoms with E-state index in [4.69, 9.17) is 16.3 Å². The number of halogens is 1. The number of H-pyrrole nitrogens is 1. The van der Waals surface area contributed by atoms with Crippen molar-refractivity contribution in [1.82, 2.24) is 14.8 Å². The third-order valence-corrected chi connectivity index (χ3v) is 4.07. The molecule has 2 aromatic heterocycles. The zero-order chi connectivity index (χ0) is 20.1. The van der Waals surface area contributed by atoms with E-state index in [0.29, 0.717) is 5.69 Å². The largest absolute Gasteiger partial charge is 0.449 e. The van der Waals surface area contributed by atoms with Crippen molar-refractivity contribution >= 4 is 29.3 Å². The molecule has 0 bridgehead atoms. The van der Waals surface area contributed by atoms with Crippen molar-refractivity contribution in [2.24, 2.45) is 0 Å². The molecule has 8 nitrogen and oxygen atoms in total. The van der Waals surface area contributed by atoms with Gasteiger partial charge in [0.2, 0.25) is 0 Å². The number of nitrogens with zero attached hydrogens (tertiary/aromatic N) is 2. The fraction of sp³-hybridized carbons (Fsp3) is 0.158. The first kappa shape index (κ1) is 19.4. The number of rotatable bonds is 6. The van der Waals surface area contributed by atoms with Crippen LogP contribution in [0.25, 0.3) is 5.69 Å².